The number of thiophene rings is 1. The first-order chi connectivity index (χ1) is 9.41. The molecule has 1 aromatic heterocycles. The summed E-state index contributed by atoms with van der Waals surface area (Å²) in [5.74, 6) is -0.462. The molecule has 0 amide bonds. The van der Waals surface area contributed by atoms with E-state index in [4.69, 9.17) is 0 Å². The second kappa shape index (κ2) is 5.56. The van der Waals surface area contributed by atoms with Crippen LogP contribution >= 0.6 is 11.3 Å². The number of aliphatic hydroxyl groups excluding tert-OH is 1. The lowest BCUT2D eigenvalue weighted by Crippen LogP contribution is -2.11. The predicted octanol–water partition coefficient (Wildman–Crippen LogP) is 3.62. The molecule has 1 N–H and O–H groups in total. The maximum absolute atomic E-state index is 13.8. The average molecular weight is 296 g/mol. The molecule has 0 aliphatic heterocycles. The van der Waals surface area contributed by atoms with Crippen molar-refractivity contribution in [1.29, 1.82) is 0 Å². The molecular formula is C13H13FN2O3S. The molecule has 20 heavy (non-hydrogen) atoms. The van der Waals surface area contributed by atoms with Gasteiger partial charge in [-0.15, -0.1) is 11.3 Å². The number of para-hydroxylation sites is 1. The molecule has 0 fully saturated rings. The van der Waals surface area contributed by atoms with Crippen LogP contribution in [0, 0.1) is 15.9 Å². The van der Waals surface area contributed by atoms with E-state index < -0.39 is 16.8 Å². The Morgan fingerprint density at radius 3 is 2.65 bits per heavy atom. The average Bonchev–Trinajstić information content (AvgIpc) is 2.84. The Labute approximate surface area is 119 Å². The molecule has 0 aliphatic carbocycles. The van der Waals surface area contributed by atoms with Crippen molar-refractivity contribution >= 4 is 27.7 Å². The molecule has 1 aromatic carbocycles. The molecule has 1 heterocycles. The zero-order valence-electron chi connectivity index (χ0n) is 10.9. The van der Waals surface area contributed by atoms with Crippen LogP contribution in [0.15, 0.2) is 30.3 Å². The van der Waals surface area contributed by atoms with Crippen molar-refractivity contribution in [3.8, 4) is 0 Å². The molecule has 1 atom stereocenters. The van der Waals surface area contributed by atoms with E-state index in [0.29, 0.717) is 4.88 Å². The van der Waals surface area contributed by atoms with Crippen LogP contribution < -0.4 is 4.90 Å². The van der Waals surface area contributed by atoms with Gasteiger partial charge in [0.25, 0.3) is 0 Å². The van der Waals surface area contributed by atoms with Gasteiger partial charge in [0.15, 0.2) is 5.00 Å². The van der Waals surface area contributed by atoms with Crippen LogP contribution in [0.2, 0.25) is 0 Å². The van der Waals surface area contributed by atoms with Gasteiger partial charge < -0.3 is 10.0 Å². The van der Waals surface area contributed by atoms with Crippen molar-refractivity contribution < 1.29 is 14.4 Å². The van der Waals surface area contributed by atoms with Gasteiger partial charge in [0.05, 0.1) is 16.7 Å². The molecule has 0 saturated carbocycles. The molecule has 1 unspecified atom stereocenters. The van der Waals surface area contributed by atoms with Crippen LogP contribution in [-0.4, -0.2) is 17.1 Å². The Hall–Kier alpha value is -1.99. The lowest BCUT2D eigenvalue weighted by molar-refractivity contribution is -0.383. The molecule has 0 spiro atoms. The van der Waals surface area contributed by atoms with Crippen LogP contribution in [-0.2, 0) is 0 Å². The molecule has 106 valence electrons. The molecule has 7 heteroatoms. The number of halogens is 1. The van der Waals surface area contributed by atoms with Gasteiger partial charge in [0.1, 0.15) is 5.82 Å². The third-order valence-corrected chi connectivity index (χ3v) is 4.21. The second-order valence-corrected chi connectivity index (χ2v) is 5.34. The monoisotopic (exact) mass is 296 g/mol. The van der Waals surface area contributed by atoms with Crippen molar-refractivity contribution in [3.63, 3.8) is 0 Å². The quantitative estimate of drug-likeness (QED) is 0.691. The highest BCUT2D eigenvalue weighted by Gasteiger charge is 2.25. The van der Waals surface area contributed by atoms with E-state index in [0.717, 1.165) is 11.3 Å². The SMILES string of the molecule is CC(O)c1cc([N+](=O)[O-])c(N(C)c2ccccc2F)s1. The summed E-state index contributed by atoms with van der Waals surface area (Å²) in [4.78, 5) is 12.4. The summed E-state index contributed by atoms with van der Waals surface area (Å²) in [6.45, 7) is 1.53. The normalized spacial score (nSPS) is 12.2. The van der Waals surface area contributed by atoms with E-state index >= 15 is 0 Å². The van der Waals surface area contributed by atoms with Gasteiger partial charge in [0, 0.05) is 18.0 Å². The van der Waals surface area contributed by atoms with Crippen LogP contribution in [0.4, 0.5) is 20.8 Å². The van der Waals surface area contributed by atoms with E-state index in [1.54, 1.807) is 25.2 Å². The Balaban J connectivity index is 2.51. The maximum atomic E-state index is 13.8. The molecule has 0 bridgehead atoms. The van der Waals surface area contributed by atoms with Crippen molar-refractivity contribution in [2.45, 2.75) is 13.0 Å². The fraction of sp³-hybridized carbons (Fsp3) is 0.231. The Morgan fingerprint density at radius 2 is 2.10 bits per heavy atom. The fourth-order valence-electron chi connectivity index (χ4n) is 1.80. The van der Waals surface area contributed by atoms with E-state index in [2.05, 4.69) is 0 Å². The molecule has 2 aromatic rings. The highest BCUT2D eigenvalue weighted by molar-refractivity contribution is 7.16. The van der Waals surface area contributed by atoms with Crippen molar-refractivity contribution in [3.05, 3.63) is 51.1 Å². The van der Waals surface area contributed by atoms with E-state index in [9.17, 15) is 19.6 Å². The van der Waals surface area contributed by atoms with Crippen molar-refractivity contribution in [1.82, 2.24) is 0 Å². The largest absolute Gasteiger partial charge is 0.388 e. The number of hydrogen-bond donors (Lipinski definition) is 1. The van der Waals surface area contributed by atoms with Gasteiger partial charge in [-0.3, -0.25) is 10.1 Å². The summed E-state index contributed by atoms with van der Waals surface area (Å²) in [7, 11) is 1.56. The molecule has 0 aliphatic rings. The van der Waals surface area contributed by atoms with Crippen LogP contribution in [0.25, 0.3) is 0 Å². The third-order valence-electron chi connectivity index (χ3n) is 2.84. The van der Waals surface area contributed by atoms with E-state index in [1.807, 2.05) is 0 Å². The number of nitro groups is 1. The predicted molar refractivity (Wildman–Crippen MR) is 76.1 cm³/mol. The lowest BCUT2D eigenvalue weighted by atomic mass is 10.2. The van der Waals surface area contributed by atoms with Crippen molar-refractivity contribution in [2.24, 2.45) is 0 Å². The van der Waals surface area contributed by atoms with E-state index in [1.165, 1.54) is 24.0 Å². The van der Waals surface area contributed by atoms with Gasteiger partial charge >= 0.3 is 5.69 Å². The van der Waals surface area contributed by atoms with Gasteiger partial charge in [-0.1, -0.05) is 12.1 Å². The summed E-state index contributed by atoms with van der Waals surface area (Å²) < 4.78 is 13.8. The molecule has 0 saturated heterocycles. The zero-order chi connectivity index (χ0) is 14.9. The van der Waals surface area contributed by atoms with Gasteiger partial charge in [-0.05, 0) is 19.1 Å². The standard InChI is InChI=1S/C13H13FN2O3S/c1-8(17)12-7-11(16(18)19)13(20-12)15(2)10-6-4-3-5-9(10)14/h3-8,17H,1-2H3. The highest BCUT2D eigenvalue weighted by Crippen LogP contribution is 2.42. The first kappa shape index (κ1) is 14.4. The van der Waals surface area contributed by atoms with Crippen LogP contribution in [0.3, 0.4) is 0 Å². The minimum absolute atomic E-state index is 0.142. The second-order valence-electron chi connectivity index (χ2n) is 4.28. The summed E-state index contributed by atoms with van der Waals surface area (Å²) in [6.07, 6.45) is -0.804. The smallest absolute Gasteiger partial charge is 0.304 e. The summed E-state index contributed by atoms with van der Waals surface area (Å²) in [5.41, 5.74) is 0.103. The number of anilines is 2. The minimum Gasteiger partial charge on any atom is -0.388 e. The Kier molecular flexibility index (Phi) is 4.01. The summed E-state index contributed by atoms with van der Waals surface area (Å²) >= 11 is 1.08. The molecule has 2 rings (SSSR count). The zero-order valence-corrected chi connectivity index (χ0v) is 11.7. The number of rotatable bonds is 4. The molecular weight excluding hydrogens is 283 g/mol. The Morgan fingerprint density at radius 1 is 1.45 bits per heavy atom. The molecule has 0 radical (unpaired) electrons. The van der Waals surface area contributed by atoms with Gasteiger partial charge in [-0.25, -0.2) is 4.39 Å². The maximum Gasteiger partial charge on any atom is 0.304 e. The summed E-state index contributed by atoms with van der Waals surface area (Å²) in [6, 6.07) is 7.37. The van der Waals surface area contributed by atoms with Gasteiger partial charge in [-0.2, -0.15) is 0 Å². The number of benzene rings is 1. The topological polar surface area (TPSA) is 66.6 Å². The fourth-order valence-corrected chi connectivity index (χ4v) is 2.84. The lowest BCUT2D eigenvalue weighted by Gasteiger charge is -2.17. The molecule has 5 nitrogen and oxygen atoms in total. The number of hydrogen-bond acceptors (Lipinski definition) is 5. The first-order valence-corrected chi connectivity index (χ1v) is 6.68. The summed E-state index contributed by atoms with van der Waals surface area (Å²) in [5, 5.41) is 20.9. The van der Waals surface area contributed by atoms with Gasteiger partial charge in [0.2, 0.25) is 0 Å². The Bertz CT molecular complexity index is 642. The van der Waals surface area contributed by atoms with Crippen LogP contribution in [0.5, 0.6) is 0 Å². The first-order valence-electron chi connectivity index (χ1n) is 5.86. The third kappa shape index (κ3) is 2.63. The van der Waals surface area contributed by atoms with Crippen LogP contribution in [0.1, 0.15) is 17.9 Å². The minimum atomic E-state index is -0.804. The van der Waals surface area contributed by atoms with E-state index in [-0.39, 0.29) is 16.4 Å². The number of aliphatic hydroxyl groups is 1. The van der Waals surface area contributed by atoms with Crippen molar-refractivity contribution in [2.75, 3.05) is 11.9 Å². The highest BCUT2D eigenvalue weighted by atomic mass is 32.1. The number of nitrogens with zero attached hydrogens (tertiary/aromatic N) is 2.